The molecule has 2 aromatic rings. The van der Waals surface area contributed by atoms with Gasteiger partial charge >= 0.3 is 5.97 Å². The molecule has 0 saturated carbocycles. The van der Waals surface area contributed by atoms with E-state index in [4.69, 9.17) is 9.47 Å². The minimum absolute atomic E-state index is 0.0685. The molecule has 140 valence electrons. The summed E-state index contributed by atoms with van der Waals surface area (Å²) in [7, 11) is -4.01. The third-order valence-electron chi connectivity index (χ3n) is 3.56. The lowest BCUT2D eigenvalue weighted by Crippen LogP contribution is -2.15. The highest BCUT2D eigenvalue weighted by molar-refractivity contribution is 7.92. The molecule has 0 heterocycles. The van der Waals surface area contributed by atoms with Crippen LogP contribution in [0.4, 0.5) is 5.69 Å². The molecule has 0 spiro atoms. The van der Waals surface area contributed by atoms with E-state index in [1.807, 2.05) is 6.92 Å². The van der Waals surface area contributed by atoms with Gasteiger partial charge in [0.2, 0.25) is 0 Å². The summed E-state index contributed by atoms with van der Waals surface area (Å²) in [6, 6.07) is 8.77. The van der Waals surface area contributed by atoms with E-state index < -0.39 is 16.0 Å². The van der Waals surface area contributed by atoms with Crippen molar-refractivity contribution in [2.75, 3.05) is 17.9 Å². The third kappa shape index (κ3) is 4.45. The van der Waals surface area contributed by atoms with Crippen LogP contribution in [0.15, 0.2) is 41.3 Å². The summed E-state index contributed by atoms with van der Waals surface area (Å²) in [6.07, 6.45) is 0. The zero-order valence-corrected chi connectivity index (χ0v) is 15.6. The highest BCUT2D eigenvalue weighted by atomic mass is 32.2. The van der Waals surface area contributed by atoms with Crippen LogP contribution in [0.25, 0.3) is 0 Å². The zero-order valence-electron chi connectivity index (χ0n) is 14.8. The van der Waals surface area contributed by atoms with Crippen LogP contribution in [-0.2, 0) is 10.0 Å². The number of carbonyl (C=O) groups is 1. The molecule has 26 heavy (non-hydrogen) atoms. The second-order valence-electron chi connectivity index (χ2n) is 5.41. The van der Waals surface area contributed by atoms with Crippen molar-refractivity contribution < 1.29 is 27.8 Å². The lowest BCUT2D eigenvalue weighted by atomic mass is 10.1. The summed E-state index contributed by atoms with van der Waals surface area (Å²) in [5.74, 6) is -0.346. The van der Waals surface area contributed by atoms with Crippen LogP contribution in [0, 0.1) is 6.92 Å². The van der Waals surface area contributed by atoms with Crippen molar-refractivity contribution in [1.29, 1.82) is 0 Å². The number of carboxylic acid groups (broad SMARTS) is 1. The van der Waals surface area contributed by atoms with E-state index in [1.54, 1.807) is 26.0 Å². The first kappa shape index (κ1) is 19.6. The monoisotopic (exact) mass is 379 g/mol. The van der Waals surface area contributed by atoms with Crippen LogP contribution in [-0.4, -0.2) is 32.7 Å². The normalized spacial score (nSPS) is 11.0. The number of aromatic carboxylic acids is 1. The number of hydrogen-bond acceptors (Lipinski definition) is 5. The van der Waals surface area contributed by atoms with Crippen LogP contribution in [0.1, 0.15) is 29.8 Å². The SMILES string of the molecule is CCOc1ccc(OCC)c(NS(=O)(=O)c2ccc(C)c(C(=O)O)c2)c1. The van der Waals surface area contributed by atoms with Crippen molar-refractivity contribution in [3.63, 3.8) is 0 Å². The maximum absolute atomic E-state index is 12.7. The lowest BCUT2D eigenvalue weighted by Gasteiger charge is -2.15. The van der Waals surface area contributed by atoms with Crippen molar-refractivity contribution in [3.8, 4) is 11.5 Å². The van der Waals surface area contributed by atoms with Crippen LogP contribution in [0.5, 0.6) is 11.5 Å². The molecule has 0 aliphatic rings. The van der Waals surface area contributed by atoms with Gasteiger partial charge in [0.1, 0.15) is 11.5 Å². The molecule has 0 aliphatic carbocycles. The minimum atomic E-state index is -4.01. The van der Waals surface area contributed by atoms with Crippen molar-refractivity contribution in [2.24, 2.45) is 0 Å². The molecule has 7 nitrogen and oxygen atoms in total. The molecule has 0 unspecified atom stereocenters. The Morgan fingerprint density at radius 1 is 1.08 bits per heavy atom. The Kier molecular flexibility index (Phi) is 6.10. The number of benzene rings is 2. The van der Waals surface area contributed by atoms with E-state index in [2.05, 4.69) is 4.72 Å². The maximum Gasteiger partial charge on any atom is 0.335 e. The number of hydrogen-bond donors (Lipinski definition) is 2. The Balaban J connectivity index is 2.44. The number of nitrogens with one attached hydrogen (secondary N) is 1. The van der Waals surface area contributed by atoms with Crippen molar-refractivity contribution >= 4 is 21.7 Å². The van der Waals surface area contributed by atoms with Crippen LogP contribution in [0.2, 0.25) is 0 Å². The first-order valence-electron chi connectivity index (χ1n) is 8.05. The summed E-state index contributed by atoms with van der Waals surface area (Å²) in [6.45, 7) is 6.00. The van der Waals surface area contributed by atoms with Gasteiger partial charge in [-0.05, 0) is 50.6 Å². The first-order chi connectivity index (χ1) is 12.3. The first-order valence-corrected chi connectivity index (χ1v) is 9.53. The van der Waals surface area contributed by atoms with Crippen LogP contribution in [0.3, 0.4) is 0 Å². The van der Waals surface area contributed by atoms with Gasteiger partial charge in [-0.2, -0.15) is 0 Å². The fraction of sp³-hybridized carbons (Fsp3) is 0.278. The maximum atomic E-state index is 12.7. The molecule has 0 amide bonds. The van der Waals surface area contributed by atoms with Gasteiger partial charge in [0.15, 0.2) is 0 Å². The summed E-state index contributed by atoms with van der Waals surface area (Å²) >= 11 is 0. The van der Waals surface area contributed by atoms with Crippen molar-refractivity contribution in [1.82, 2.24) is 0 Å². The molecule has 2 N–H and O–H groups in total. The number of aryl methyl sites for hydroxylation is 1. The molecule has 0 radical (unpaired) electrons. The Morgan fingerprint density at radius 2 is 1.77 bits per heavy atom. The van der Waals surface area contributed by atoms with Gasteiger partial charge in [-0.3, -0.25) is 4.72 Å². The Bertz CT molecular complexity index is 908. The van der Waals surface area contributed by atoms with Crippen molar-refractivity contribution in [3.05, 3.63) is 47.5 Å². The van der Waals surface area contributed by atoms with Crippen LogP contribution < -0.4 is 14.2 Å². The fourth-order valence-corrected chi connectivity index (χ4v) is 3.42. The predicted molar refractivity (Wildman–Crippen MR) is 97.7 cm³/mol. The van der Waals surface area contributed by atoms with Crippen LogP contribution >= 0.6 is 0 Å². The molecule has 0 bridgehead atoms. The molecule has 0 aliphatic heterocycles. The van der Waals surface area contributed by atoms with E-state index in [0.29, 0.717) is 30.3 Å². The molecule has 0 saturated heterocycles. The number of ether oxygens (including phenoxy) is 2. The molecule has 0 aromatic heterocycles. The molecule has 2 aromatic carbocycles. The molecular weight excluding hydrogens is 358 g/mol. The van der Waals surface area contributed by atoms with Gasteiger partial charge in [0.25, 0.3) is 10.0 Å². The molecular formula is C18H21NO6S. The summed E-state index contributed by atoms with van der Waals surface area (Å²) < 4.78 is 38.7. The third-order valence-corrected chi connectivity index (χ3v) is 4.92. The minimum Gasteiger partial charge on any atom is -0.494 e. The summed E-state index contributed by atoms with van der Waals surface area (Å²) in [4.78, 5) is 11.1. The van der Waals surface area contributed by atoms with Gasteiger partial charge in [-0.1, -0.05) is 6.07 Å². The van der Waals surface area contributed by atoms with E-state index >= 15 is 0 Å². The van der Waals surface area contributed by atoms with E-state index in [9.17, 15) is 18.3 Å². The van der Waals surface area contributed by atoms with E-state index in [0.717, 1.165) is 6.07 Å². The number of rotatable bonds is 8. The zero-order chi connectivity index (χ0) is 19.3. The highest BCUT2D eigenvalue weighted by Gasteiger charge is 2.20. The topological polar surface area (TPSA) is 102 Å². The number of sulfonamides is 1. The average molecular weight is 379 g/mol. The second kappa shape index (κ2) is 8.09. The Labute approximate surface area is 152 Å². The molecule has 0 fully saturated rings. The van der Waals surface area contributed by atoms with Crippen molar-refractivity contribution in [2.45, 2.75) is 25.7 Å². The molecule has 8 heteroatoms. The largest absolute Gasteiger partial charge is 0.494 e. The average Bonchev–Trinajstić information content (AvgIpc) is 2.57. The summed E-state index contributed by atoms with van der Waals surface area (Å²) in [5.41, 5.74) is 0.626. The lowest BCUT2D eigenvalue weighted by molar-refractivity contribution is 0.0696. The smallest absolute Gasteiger partial charge is 0.335 e. The molecule has 2 rings (SSSR count). The van der Waals surface area contributed by atoms with Gasteiger partial charge in [0, 0.05) is 6.07 Å². The van der Waals surface area contributed by atoms with Gasteiger partial charge < -0.3 is 14.6 Å². The van der Waals surface area contributed by atoms with E-state index in [-0.39, 0.29) is 16.1 Å². The highest BCUT2D eigenvalue weighted by Crippen LogP contribution is 2.31. The predicted octanol–water partition coefficient (Wildman–Crippen LogP) is 3.29. The Hall–Kier alpha value is -2.74. The number of carboxylic acids is 1. The standard InChI is InChI=1S/C18H21NO6S/c1-4-24-13-7-9-17(25-5-2)16(10-13)19-26(22,23)14-8-6-12(3)15(11-14)18(20)21/h6-11,19H,4-5H2,1-3H3,(H,20,21). The van der Waals surface area contributed by atoms with Gasteiger partial charge in [-0.15, -0.1) is 0 Å². The van der Waals surface area contributed by atoms with Gasteiger partial charge in [0.05, 0.1) is 29.4 Å². The summed E-state index contributed by atoms with van der Waals surface area (Å²) in [5, 5.41) is 9.20. The van der Waals surface area contributed by atoms with E-state index in [1.165, 1.54) is 18.2 Å². The quantitative estimate of drug-likeness (QED) is 0.730. The number of anilines is 1. The second-order valence-corrected chi connectivity index (χ2v) is 7.09. The van der Waals surface area contributed by atoms with Gasteiger partial charge in [-0.25, -0.2) is 13.2 Å². The fourth-order valence-electron chi connectivity index (χ4n) is 2.33. The Morgan fingerprint density at radius 3 is 2.38 bits per heavy atom. The molecule has 0 atom stereocenters.